The Labute approximate surface area is 210 Å². The van der Waals surface area contributed by atoms with Gasteiger partial charge in [-0.05, 0) is 97.4 Å². The van der Waals surface area contributed by atoms with Crippen molar-refractivity contribution in [3.05, 3.63) is 77.6 Å². The van der Waals surface area contributed by atoms with Crippen molar-refractivity contribution in [1.82, 2.24) is 4.90 Å². The highest BCUT2D eigenvalue weighted by Crippen LogP contribution is 2.38. The van der Waals surface area contributed by atoms with Gasteiger partial charge in [0.05, 0.1) is 26.9 Å². The highest BCUT2D eigenvalue weighted by atomic mass is 32.1. The number of benzene rings is 3. The molecule has 1 atom stereocenters. The first kappa shape index (κ1) is 24.6. The van der Waals surface area contributed by atoms with Crippen LogP contribution in [-0.4, -0.2) is 44.0 Å². The van der Waals surface area contributed by atoms with Crippen LogP contribution in [0.4, 0.5) is 10.1 Å². The van der Waals surface area contributed by atoms with Crippen molar-refractivity contribution >= 4 is 23.0 Å². The van der Waals surface area contributed by atoms with Gasteiger partial charge in [-0.15, -0.1) is 0 Å². The highest BCUT2D eigenvalue weighted by molar-refractivity contribution is 7.80. The number of anilines is 1. The molecule has 4 rings (SSSR count). The van der Waals surface area contributed by atoms with Gasteiger partial charge in [0.15, 0.2) is 16.6 Å². The largest absolute Gasteiger partial charge is 0.494 e. The van der Waals surface area contributed by atoms with Crippen molar-refractivity contribution in [2.24, 2.45) is 0 Å². The number of thiocarbonyl (C=S) groups is 1. The van der Waals surface area contributed by atoms with Crippen LogP contribution in [0.3, 0.4) is 0 Å². The lowest BCUT2D eigenvalue weighted by atomic mass is 9.92. The lowest BCUT2D eigenvalue weighted by Crippen LogP contribution is -2.44. The summed E-state index contributed by atoms with van der Waals surface area (Å²) >= 11 is 5.83. The maximum Gasteiger partial charge on any atom is 0.174 e. The Kier molecular flexibility index (Phi) is 7.92. The smallest absolute Gasteiger partial charge is 0.174 e. The molecular formula is C27H29FN2O4S. The molecule has 1 aliphatic rings. The number of fused-ring (bicyclic) bond motifs is 1. The highest BCUT2D eigenvalue weighted by Gasteiger charge is 2.31. The Bertz CT molecular complexity index is 1160. The molecular weight excluding hydrogens is 467 g/mol. The summed E-state index contributed by atoms with van der Waals surface area (Å²) in [6, 6.07) is 17.5. The van der Waals surface area contributed by atoms with Crippen LogP contribution in [0.15, 0.2) is 60.7 Å². The summed E-state index contributed by atoms with van der Waals surface area (Å²) in [5.74, 6) is 2.42. The molecule has 0 bridgehead atoms. The van der Waals surface area contributed by atoms with Crippen LogP contribution in [0, 0.1) is 5.82 Å². The van der Waals surface area contributed by atoms with E-state index in [0.717, 1.165) is 29.0 Å². The molecule has 0 spiro atoms. The number of rotatable bonds is 8. The van der Waals surface area contributed by atoms with Gasteiger partial charge in [0.2, 0.25) is 0 Å². The number of nitrogens with zero attached hydrogens (tertiary/aromatic N) is 1. The van der Waals surface area contributed by atoms with Crippen LogP contribution in [0.2, 0.25) is 0 Å². The molecule has 1 heterocycles. The van der Waals surface area contributed by atoms with Gasteiger partial charge in [-0.3, -0.25) is 0 Å². The Morgan fingerprint density at radius 1 is 0.971 bits per heavy atom. The zero-order valence-electron chi connectivity index (χ0n) is 20.0. The summed E-state index contributed by atoms with van der Waals surface area (Å²) in [5.41, 5.74) is 3.07. The fourth-order valence-corrected chi connectivity index (χ4v) is 4.49. The second-order valence-corrected chi connectivity index (χ2v) is 8.40. The fourth-order valence-electron chi connectivity index (χ4n) is 4.15. The first-order valence-corrected chi connectivity index (χ1v) is 11.9. The quantitative estimate of drug-likeness (QED) is 0.407. The minimum absolute atomic E-state index is 0.189. The lowest BCUT2D eigenvalue weighted by molar-refractivity contribution is 0.190. The molecule has 6 nitrogen and oxygen atoms in total. The van der Waals surface area contributed by atoms with Crippen LogP contribution >= 0.6 is 12.2 Å². The van der Waals surface area contributed by atoms with Crippen LogP contribution in [0.1, 0.15) is 24.1 Å². The van der Waals surface area contributed by atoms with Gasteiger partial charge in [-0.25, -0.2) is 4.39 Å². The van der Waals surface area contributed by atoms with Gasteiger partial charge >= 0.3 is 0 Å². The van der Waals surface area contributed by atoms with E-state index in [4.69, 9.17) is 31.2 Å². The topological polar surface area (TPSA) is 52.2 Å². The van der Waals surface area contributed by atoms with Gasteiger partial charge in [-0.2, -0.15) is 0 Å². The lowest BCUT2D eigenvalue weighted by Gasteiger charge is -2.39. The molecule has 0 saturated carbocycles. The molecule has 0 radical (unpaired) electrons. The third kappa shape index (κ3) is 5.77. The minimum atomic E-state index is -0.306. The first-order valence-electron chi connectivity index (χ1n) is 11.5. The molecule has 8 heteroatoms. The summed E-state index contributed by atoms with van der Waals surface area (Å²) < 4.78 is 36.0. The summed E-state index contributed by atoms with van der Waals surface area (Å²) in [7, 11) is 3.25. The molecule has 3 aromatic carbocycles. The summed E-state index contributed by atoms with van der Waals surface area (Å²) in [5, 5.41) is 3.92. The second kappa shape index (κ2) is 11.3. The molecule has 0 aliphatic carbocycles. The van der Waals surface area contributed by atoms with Crippen LogP contribution in [-0.2, 0) is 6.42 Å². The second-order valence-electron chi connectivity index (χ2n) is 8.02. The number of hydrogen-bond acceptors (Lipinski definition) is 5. The number of hydrogen-bond donors (Lipinski definition) is 1. The number of halogens is 1. The summed E-state index contributed by atoms with van der Waals surface area (Å²) in [6.45, 7) is 3.58. The molecule has 3 aromatic rings. The van der Waals surface area contributed by atoms with Crippen molar-refractivity contribution in [3.63, 3.8) is 0 Å². The van der Waals surface area contributed by atoms with Gasteiger partial charge in [0.25, 0.3) is 0 Å². The Hall–Kier alpha value is -3.52. The van der Waals surface area contributed by atoms with Gasteiger partial charge in [0.1, 0.15) is 23.9 Å². The monoisotopic (exact) mass is 496 g/mol. The van der Waals surface area contributed by atoms with Gasteiger partial charge in [0, 0.05) is 12.2 Å². The molecule has 0 saturated heterocycles. The number of ether oxygens (including phenoxy) is 4. The standard InChI is InChI=1S/C27H29FN2O4S/c1-4-33-21-11-7-20(8-12-21)29-27(35)30-14-13-18-15-25(31-2)26(32-3)16-23(18)24(30)17-34-22-9-5-19(28)6-10-22/h5-12,15-16,24H,4,13-14,17H2,1-3H3,(H,29,35). The van der Waals surface area contributed by atoms with Gasteiger partial charge < -0.3 is 29.2 Å². The predicted molar refractivity (Wildman–Crippen MR) is 138 cm³/mol. The van der Waals surface area contributed by atoms with Crippen molar-refractivity contribution in [3.8, 4) is 23.0 Å². The Morgan fingerprint density at radius 2 is 1.60 bits per heavy atom. The van der Waals surface area contributed by atoms with E-state index in [2.05, 4.69) is 10.2 Å². The van der Waals surface area contributed by atoms with Gasteiger partial charge in [-0.1, -0.05) is 0 Å². The van der Waals surface area contributed by atoms with Crippen molar-refractivity contribution in [2.45, 2.75) is 19.4 Å². The van der Waals surface area contributed by atoms with E-state index in [0.29, 0.717) is 42.1 Å². The minimum Gasteiger partial charge on any atom is -0.494 e. The van der Waals surface area contributed by atoms with E-state index in [1.807, 2.05) is 43.3 Å². The molecule has 0 amide bonds. The van der Waals surface area contributed by atoms with E-state index in [9.17, 15) is 4.39 Å². The van der Waals surface area contributed by atoms with Crippen molar-refractivity contribution in [1.29, 1.82) is 0 Å². The summed E-state index contributed by atoms with van der Waals surface area (Å²) in [6.07, 6.45) is 0.786. The van der Waals surface area contributed by atoms with Crippen LogP contribution < -0.4 is 24.3 Å². The Balaban J connectivity index is 1.60. The third-order valence-electron chi connectivity index (χ3n) is 5.90. The van der Waals surface area contributed by atoms with Crippen molar-refractivity contribution in [2.75, 3.05) is 39.3 Å². The maximum atomic E-state index is 13.4. The molecule has 0 aromatic heterocycles. The molecule has 184 valence electrons. The van der Waals surface area contributed by atoms with Crippen LogP contribution in [0.5, 0.6) is 23.0 Å². The normalized spacial score (nSPS) is 14.6. The predicted octanol–water partition coefficient (Wildman–Crippen LogP) is 5.62. The number of methoxy groups -OCH3 is 2. The summed E-state index contributed by atoms with van der Waals surface area (Å²) in [4.78, 5) is 2.11. The average Bonchev–Trinajstić information content (AvgIpc) is 2.88. The first-order chi connectivity index (χ1) is 17.0. The van der Waals surface area contributed by atoms with E-state index in [1.54, 1.807) is 26.4 Å². The number of nitrogens with one attached hydrogen (secondary N) is 1. The molecule has 0 fully saturated rings. The zero-order chi connectivity index (χ0) is 24.8. The van der Waals surface area contributed by atoms with E-state index in [-0.39, 0.29) is 11.9 Å². The van der Waals surface area contributed by atoms with Crippen LogP contribution in [0.25, 0.3) is 0 Å². The molecule has 1 aliphatic heterocycles. The fraction of sp³-hybridized carbons (Fsp3) is 0.296. The van der Waals surface area contributed by atoms with E-state index in [1.165, 1.54) is 12.1 Å². The zero-order valence-corrected chi connectivity index (χ0v) is 20.9. The SMILES string of the molecule is CCOc1ccc(NC(=S)N2CCc3cc(OC)c(OC)cc3C2COc2ccc(F)cc2)cc1. The molecule has 35 heavy (non-hydrogen) atoms. The van der Waals surface area contributed by atoms with E-state index < -0.39 is 0 Å². The Morgan fingerprint density at radius 3 is 2.26 bits per heavy atom. The van der Waals surface area contributed by atoms with Crippen molar-refractivity contribution < 1.29 is 23.3 Å². The van der Waals surface area contributed by atoms with E-state index >= 15 is 0 Å². The average molecular weight is 497 g/mol. The molecule has 1 N–H and O–H groups in total. The maximum absolute atomic E-state index is 13.4. The third-order valence-corrected chi connectivity index (χ3v) is 6.24. The molecule has 1 unspecified atom stereocenters.